The van der Waals surface area contributed by atoms with Gasteiger partial charge in [0.05, 0.1) is 23.6 Å². The lowest BCUT2D eigenvalue weighted by molar-refractivity contribution is 0.0971. The number of aromatic nitrogens is 1. The summed E-state index contributed by atoms with van der Waals surface area (Å²) in [5, 5.41) is 2.79. The number of para-hydroxylation sites is 1. The van der Waals surface area contributed by atoms with Crippen LogP contribution < -0.4 is 15.1 Å². The largest absolute Gasteiger partial charge is 0.494 e. The number of carbonyl (C=O) groups excluding carboxylic acids is 1. The number of hydrogen-bond acceptors (Lipinski definition) is 6. The molecule has 6 nitrogen and oxygen atoms in total. The van der Waals surface area contributed by atoms with Crippen molar-refractivity contribution in [2.24, 2.45) is 0 Å². The highest BCUT2D eigenvalue weighted by Crippen LogP contribution is 2.42. The van der Waals surface area contributed by atoms with Gasteiger partial charge in [-0.1, -0.05) is 50.5 Å². The fourth-order valence-electron chi connectivity index (χ4n) is 4.23. The SMILES string of the molecule is CCCCCCOc1ccc([C@@H]2c3c(oc4ccccc4c3=O)C(=O)N2c2nccs2)cc1. The number of ether oxygens (including phenoxy) is 1. The van der Waals surface area contributed by atoms with Gasteiger partial charge in [-0.3, -0.25) is 14.5 Å². The van der Waals surface area contributed by atoms with Gasteiger partial charge in [0.25, 0.3) is 5.91 Å². The lowest BCUT2D eigenvalue weighted by atomic mass is 9.98. The van der Waals surface area contributed by atoms with E-state index in [1.54, 1.807) is 35.4 Å². The van der Waals surface area contributed by atoms with Gasteiger partial charge >= 0.3 is 0 Å². The van der Waals surface area contributed by atoms with Crippen LogP contribution >= 0.6 is 11.3 Å². The summed E-state index contributed by atoms with van der Waals surface area (Å²) in [6.07, 6.45) is 6.22. The Morgan fingerprint density at radius 2 is 1.88 bits per heavy atom. The monoisotopic (exact) mass is 460 g/mol. The number of rotatable bonds is 8. The normalized spacial score (nSPS) is 15.2. The predicted octanol–water partition coefficient (Wildman–Crippen LogP) is 5.96. The van der Waals surface area contributed by atoms with Crippen molar-refractivity contribution in [1.82, 2.24) is 4.98 Å². The first kappa shape index (κ1) is 21.4. The van der Waals surface area contributed by atoms with Crippen molar-refractivity contribution >= 4 is 33.3 Å². The first-order chi connectivity index (χ1) is 16.2. The lowest BCUT2D eigenvalue weighted by Gasteiger charge is -2.22. The number of benzene rings is 2. The predicted molar refractivity (Wildman–Crippen MR) is 129 cm³/mol. The van der Waals surface area contributed by atoms with Crippen LogP contribution in [0.5, 0.6) is 5.75 Å². The Balaban J connectivity index is 1.53. The van der Waals surface area contributed by atoms with Crippen LogP contribution in [0.15, 0.2) is 69.3 Å². The van der Waals surface area contributed by atoms with E-state index in [9.17, 15) is 9.59 Å². The molecule has 4 aromatic rings. The Labute approximate surface area is 195 Å². The summed E-state index contributed by atoms with van der Waals surface area (Å²) in [7, 11) is 0. The molecule has 168 valence electrons. The standard InChI is InChI=1S/C26H24N2O4S/c1-2-3-4-7-15-31-18-12-10-17(11-13-18)22-21-23(29)19-8-5-6-9-20(19)32-24(21)25(30)28(22)26-27-14-16-33-26/h5-6,8-14,16,22H,2-4,7,15H2,1H3/t22-/m1/s1. The molecule has 5 rings (SSSR count). The number of anilines is 1. The summed E-state index contributed by atoms with van der Waals surface area (Å²) in [6.45, 7) is 2.86. The molecular formula is C26H24N2O4S. The Morgan fingerprint density at radius 3 is 2.64 bits per heavy atom. The second-order valence-electron chi connectivity index (χ2n) is 8.04. The van der Waals surface area contributed by atoms with Gasteiger partial charge in [0.1, 0.15) is 11.3 Å². The molecule has 7 heteroatoms. The summed E-state index contributed by atoms with van der Waals surface area (Å²) in [6, 6.07) is 14.0. The van der Waals surface area contributed by atoms with Gasteiger partial charge in [-0.2, -0.15) is 0 Å². The maximum absolute atomic E-state index is 13.5. The minimum absolute atomic E-state index is 0.0788. The average molecular weight is 461 g/mol. The summed E-state index contributed by atoms with van der Waals surface area (Å²) in [4.78, 5) is 32.8. The fraction of sp³-hybridized carbons (Fsp3) is 0.269. The Hall–Kier alpha value is -3.45. The molecule has 1 atom stereocenters. The molecule has 0 saturated heterocycles. The number of amides is 1. The average Bonchev–Trinajstić information content (AvgIpc) is 3.46. The van der Waals surface area contributed by atoms with Crippen LogP contribution in [0.1, 0.15) is 60.3 Å². The van der Waals surface area contributed by atoms with Crippen molar-refractivity contribution in [2.45, 2.75) is 38.6 Å². The summed E-state index contributed by atoms with van der Waals surface area (Å²) >= 11 is 1.35. The van der Waals surface area contributed by atoms with E-state index < -0.39 is 6.04 Å². The van der Waals surface area contributed by atoms with Gasteiger partial charge < -0.3 is 9.15 Å². The van der Waals surface area contributed by atoms with E-state index in [0.717, 1.165) is 24.2 Å². The quantitative estimate of drug-likeness (QED) is 0.304. The summed E-state index contributed by atoms with van der Waals surface area (Å²) < 4.78 is 11.8. The van der Waals surface area contributed by atoms with E-state index in [0.29, 0.717) is 28.3 Å². The molecule has 2 aromatic carbocycles. The van der Waals surface area contributed by atoms with Gasteiger partial charge in [-0.25, -0.2) is 4.98 Å². The molecule has 0 bridgehead atoms. The zero-order valence-corrected chi connectivity index (χ0v) is 19.1. The molecule has 1 aliphatic rings. The first-order valence-electron chi connectivity index (χ1n) is 11.2. The molecule has 0 spiro atoms. The van der Waals surface area contributed by atoms with E-state index in [1.807, 2.05) is 29.6 Å². The van der Waals surface area contributed by atoms with Crippen LogP contribution in [0.25, 0.3) is 11.0 Å². The molecule has 0 fully saturated rings. The second kappa shape index (κ2) is 9.19. The van der Waals surface area contributed by atoms with Crippen LogP contribution in [0.4, 0.5) is 5.13 Å². The van der Waals surface area contributed by atoms with Crippen molar-refractivity contribution in [3.8, 4) is 5.75 Å². The van der Waals surface area contributed by atoms with Gasteiger partial charge in [0.15, 0.2) is 10.6 Å². The number of hydrogen-bond donors (Lipinski definition) is 0. The van der Waals surface area contributed by atoms with Crippen LogP contribution in [0.2, 0.25) is 0 Å². The maximum Gasteiger partial charge on any atom is 0.297 e. The number of fused-ring (bicyclic) bond motifs is 2. The molecule has 0 N–H and O–H groups in total. The topological polar surface area (TPSA) is 72.6 Å². The van der Waals surface area contributed by atoms with E-state index in [2.05, 4.69) is 11.9 Å². The number of unbranched alkanes of at least 4 members (excludes halogenated alkanes) is 3. The van der Waals surface area contributed by atoms with Crippen LogP contribution in [-0.4, -0.2) is 17.5 Å². The van der Waals surface area contributed by atoms with Gasteiger partial charge in [0, 0.05) is 11.6 Å². The maximum atomic E-state index is 13.5. The van der Waals surface area contributed by atoms with Crippen molar-refractivity contribution in [3.05, 3.63) is 87.2 Å². The minimum atomic E-state index is -0.613. The third-order valence-electron chi connectivity index (χ3n) is 5.87. The second-order valence-corrected chi connectivity index (χ2v) is 8.91. The van der Waals surface area contributed by atoms with Gasteiger partial charge in [0.2, 0.25) is 5.76 Å². The third-order valence-corrected chi connectivity index (χ3v) is 6.64. The zero-order valence-electron chi connectivity index (χ0n) is 18.3. The zero-order chi connectivity index (χ0) is 22.8. The molecule has 1 aliphatic heterocycles. The molecule has 1 amide bonds. The molecule has 0 saturated carbocycles. The first-order valence-corrected chi connectivity index (χ1v) is 12.1. The molecule has 0 unspecified atom stereocenters. The van der Waals surface area contributed by atoms with Crippen LogP contribution in [0, 0.1) is 0 Å². The molecule has 3 heterocycles. The lowest BCUT2D eigenvalue weighted by Crippen LogP contribution is -2.29. The van der Waals surface area contributed by atoms with Crippen molar-refractivity contribution in [1.29, 1.82) is 0 Å². The van der Waals surface area contributed by atoms with Crippen molar-refractivity contribution < 1.29 is 13.9 Å². The van der Waals surface area contributed by atoms with Gasteiger partial charge in [-0.15, -0.1) is 11.3 Å². The Kier molecular flexibility index (Phi) is 5.96. The van der Waals surface area contributed by atoms with E-state index in [1.165, 1.54) is 24.2 Å². The number of thiazole rings is 1. The van der Waals surface area contributed by atoms with Gasteiger partial charge in [-0.05, 0) is 36.2 Å². The molecular weight excluding hydrogens is 436 g/mol. The molecule has 33 heavy (non-hydrogen) atoms. The highest BCUT2D eigenvalue weighted by atomic mass is 32.1. The molecule has 0 aliphatic carbocycles. The summed E-state index contributed by atoms with van der Waals surface area (Å²) in [5.74, 6) is 0.491. The van der Waals surface area contributed by atoms with E-state index in [4.69, 9.17) is 9.15 Å². The highest BCUT2D eigenvalue weighted by molar-refractivity contribution is 7.13. The Bertz CT molecular complexity index is 1330. The number of nitrogens with zero attached hydrogens (tertiary/aromatic N) is 2. The molecule has 2 aromatic heterocycles. The number of carbonyl (C=O) groups is 1. The smallest absolute Gasteiger partial charge is 0.297 e. The highest BCUT2D eigenvalue weighted by Gasteiger charge is 2.44. The van der Waals surface area contributed by atoms with E-state index in [-0.39, 0.29) is 17.1 Å². The van der Waals surface area contributed by atoms with Crippen molar-refractivity contribution in [3.63, 3.8) is 0 Å². The molecule has 0 radical (unpaired) electrons. The fourth-order valence-corrected chi connectivity index (χ4v) is 4.90. The Morgan fingerprint density at radius 1 is 1.06 bits per heavy atom. The minimum Gasteiger partial charge on any atom is -0.494 e. The van der Waals surface area contributed by atoms with Crippen molar-refractivity contribution in [2.75, 3.05) is 11.5 Å². The summed E-state index contributed by atoms with van der Waals surface area (Å²) in [5.41, 5.74) is 1.36. The van der Waals surface area contributed by atoms with E-state index >= 15 is 0 Å². The third kappa shape index (κ3) is 3.93. The van der Waals surface area contributed by atoms with Crippen LogP contribution in [-0.2, 0) is 0 Å². The van der Waals surface area contributed by atoms with Crippen LogP contribution in [0.3, 0.4) is 0 Å².